The summed E-state index contributed by atoms with van der Waals surface area (Å²) in [6, 6.07) is 0. The first-order chi connectivity index (χ1) is 35.4. The molecule has 0 amide bonds. The first-order valence-corrected chi connectivity index (χ1v) is 23.6. The molecule has 21 saturated heterocycles. The van der Waals surface area contributed by atoms with E-state index in [1.165, 1.54) is 0 Å². The predicted octanol–water partition coefficient (Wildman–Crippen LogP) is -15.3. The molecule has 33 atom stereocenters. The lowest BCUT2D eigenvalue weighted by Crippen LogP contribution is -2.70. The summed E-state index contributed by atoms with van der Waals surface area (Å²) in [4.78, 5) is 0. The lowest BCUT2D eigenvalue weighted by Gasteiger charge is -2.50. The van der Waals surface area contributed by atoms with Crippen LogP contribution in [0.4, 0.5) is 0 Å². The summed E-state index contributed by atoms with van der Waals surface area (Å²) >= 11 is 0. The minimum atomic E-state index is -3.07. The maximum Gasteiger partial charge on any atom is 0.221 e. The molecule has 75 heavy (non-hydrogen) atoms. The minimum absolute atomic E-state index is 1.05. The van der Waals surface area contributed by atoms with Crippen molar-refractivity contribution in [2.45, 2.75) is 202 Å². The zero-order valence-electron chi connectivity index (χ0n) is 39.0. The number of aliphatic hydroxyl groups excluding tert-OH is 19. The highest BCUT2D eigenvalue weighted by atomic mass is 16.8. The summed E-state index contributed by atoms with van der Waals surface area (Å²) in [5, 5.41) is 230. The van der Waals surface area contributed by atoms with Crippen LogP contribution < -0.4 is 0 Å². The Balaban J connectivity index is 1.06. The summed E-state index contributed by atoms with van der Waals surface area (Å²) < 4.78 is 77.6. The fourth-order valence-corrected chi connectivity index (χ4v) is 9.86. The van der Waals surface area contributed by atoms with Crippen LogP contribution >= 0.6 is 0 Å². The van der Waals surface area contributed by atoms with Crippen LogP contribution in [0.25, 0.3) is 0 Å². The lowest BCUT2D eigenvalue weighted by atomic mass is 9.95. The van der Waals surface area contributed by atoms with E-state index in [0.717, 1.165) is 0 Å². The Labute approximate surface area is 421 Å². The summed E-state index contributed by atoms with van der Waals surface area (Å²) in [5.41, 5.74) is 0. The Morgan fingerprint density at radius 3 is 0.720 bits per heavy atom. The topological polar surface area (TPSA) is 554 Å². The van der Waals surface area contributed by atoms with Crippen molar-refractivity contribution in [2.24, 2.45) is 0 Å². The maximum absolute atomic E-state index is 11.4. The number of hydrogen-bond acceptors (Lipinski definition) is 35. The summed E-state index contributed by atoms with van der Waals surface area (Å²) in [6.45, 7) is -7.68. The van der Waals surface area contributed by atoms with Crippen LogP contribution in [0.3, 0.4) is 0 Å². The molecular weight excluding hydrogens is 1040 g/mol. The zero-order chi connectivity index (χ0) is 54.7. The van der Waals surface area contributed by atoms with Crippen LogP contribution in [0.5, 0.6) is 0 Å². The third kappa shape index (κ3) is 11.3. The van der Waals surface area contributed by atoms with E-state index in [1.54, 1.807) is 0 Å². The largest absolute Gasteiger partial charge is 0.394 e. The molecule has 21 fully saturated rings. The van der Waals surface area contributed by atoms with E-state index < -0.39 is 248 Å². The fraction of sp³-hybridized carbons (Fsp3) is 1.00. The van der Waals surface area contributed by atoms with Crippen molar-refractivity contribution in [1.82, 2.24) is 0 Å². The van der Waals surface area contributed by atoms with Gasteiger partial charge in [-0.1, -0.05) is 0 Å². The van der Waals surface area contributed by atoms with Gasteiger partial charge in [0.1, 0.15) is 160 Å². The predicted molar refractivity (Wildman–Crippen MR) is 219 cm³/mol. The second-order valence-electron chi connectivity index (χ2n) is 19.2. The molecule has 0 saturated carbocycles. The van der Waals surface area contributed by atoms with Crippen LogP contribution in [-0.2, 0) is 66.3 Å². The SMILES string of the molecule is OCC1O[C@@H]2O[C@]3(O)CO[C@H](O[C@@H]4C(CO)O[C@H](O[C@]5(O)CO[C@@H](O[C@H]6C(CO)O[C@@H](O[C@H]7C(CO)O[C@H](O[C@@H]8C(CO)O[C@H](O[C@H]1C(O)C2O)C(O)C8O)C(O)C7O)C(O)C6O)C(O)C5O)C(O)C4O)C(O)C3O. The van der Waals surface area contributed by atoms with Gasteiger partial charge in [0.05, 0.1) is 33.0 Å². The van der Waals surface area contributed by atoms with E-state index in [1.807, 2.05) is 0 Å². The van der Waals surface area contributed by atoms with Gasteiger partial charge in [0.15, 0.2) is 44.0 Å². The maximum atomic E-state index is 11.4. The van der Waals surface area contributed by atoms with Crippen molar-refractivity contribution < 1.29 is 174 Å². The molecule has 14 bridgehead atoms. The highest BCUT2D eigenvalue weighted by molar-refractivity contribution is 5.01. The van der Waals surface area contributed by atoms with Gasteiger partial charge in [0.2, 0.25) is 11.6 Å². The van der Waals surface area contributed by atoms with Crippen molar-refractivity contribution >= 4 is 0 Å². The van der Waals surface area contributed by atoms with E-state index >= 15 is 0 Å². The molecule has 21 rings (SSSR count). The van der Waals surface area contributed by atoms with Gasteiger partial charge in [-0.25, -0.2) is 0 Å². The van der Waals surface area contributed by atoms with Crippen LogP contribution in [0.15, 0.2) is 0 Å². The molecule has 0 radical (unpaired) electrons. The average molecular weight is 1110 g/mol. The van der Waals surface area contributed by atoms with Gasteiger partial charge in [0.25, 0.3) is 0 Å². The number of rotatable bonds is 5. The lowest BCUT2D eigenvalue weighted by molar-refractivity contribution is -0.440. The Bertz CT molecular complexity index is 1820. The smallest absolute Gasteiger partial charge is 0.221 e. The average Bonchev–Trinajstić information content (AvgIpc) is 3.39. The second-order valence-corrected chi connectivity index (χ2v) is 19.2. The molecule has 0 aromatic rings. The number of aliphatic hydroxyl groups is 21. The Morgan fingerprint density at radius 1 is 0.267 bits per heavy atom. The molecule has 35 heteroatoms. The van der Waals surface area contributed by atoms with Gasteiger partial charge >= 0.3 is 0 Å². The van der Waals surface area contributed by atoms with E-state index in [4.69, 9.17) is 66.3 Å². The van der Waals surface area contributed by atoms with Crippen LogP contribution in [0.2, 0.25) is 0 Å². The highest BCUT2D eigenvalue weighted by Crippen LogP contribution is 2.39. The van der Waals surface area contributed by atoms with Crippen molar-refractivity contribution in [2.75, 3.05) is 46.2 Å². The van der Waals surface area contributed by atoms with Gasteiger partial charge < -0.3 is 174 Å². The van der Waals surface area contributed by atoms with E-state index in [-0.39, 0.29) is 0 Å². The van der Waals surface area contributed by atoms with Gasteiger partial charge in [0, 0.05) is 0 Å². The third-order valence-electron chi connectivity index (χ3n) is 14.2. The van der Waals surface area contributed by atoms with Crippen molar-refractivity contribution in [3.05, 3.63) is 0 Å². The zero-order valence-corrected chi connectivity index (χ0v) is 39.0. The molecule has 21 aliphatic heterocycles. The molecule has 0 aromatic carbocycles. The third-order valence-corrected chi connectivity index (χ3v) is 14.2. The Morgan fingerprint density at radius 2 is 0.480 bits per heavy atom. The minimum Gasteiger partial charge on any atom is -0.394 e. The molecule has 0 aliphatic carbocycles. The standard InChI is InChI=1S/C40H66O35/c41-1-8-25-13(46)18(51)34(64-8)71-27-9(2-42)65-35(19(52)14(27)47)72-28-10(3-43)66-36(20(53)15(28)48)73-29-12(5-45)68-38(22(55)17(29)50)75-40(61)7-63-33(24(57)31(40)59)70-26-11(4-44)67-37(21(54)16(26)49)74-39(60)6-62-32(69-25)23(56)30(39)58/h8-38,41-61H,1-7H2/t8?,9?,10?,11?,12?,13?,14?,15?,16?,17?,18?,19?,20?,21?,22?,23?,24?,25-,26+,27-,28+,29+,30?,31?,32-,33+,34-,35+,36+,37+,38+,39+,40+/m0/s1. The molecule has 0 aromatic heterocycles. The van der Waals surface area contributed by atoms with Crippen molar-refractivity contribution in [3.8, 4) is 0 Å². The molecule has 21 N–H and O–H groups in total. The second kappa shape index (κ2) is 24.0. The summed E-state index contributed by atoms with van der Waals surface area (Å²) in [7, 11) is 0. The Kier molecular flexibility index (Phi) is 19.1. The molecule has 21 aliphatic rings. The van der Waals surface area contributed by atoms with E-state index in [2.05, 4.69) is 0 Å². The molecule has 436 valence electrons. The van der Waals surface area contributed by atoms with Gasteiger partial charge in [-0.3, -0.25) is 0 Å². The highest BCUT2D eigenvalue weighted by Gasteiger charge is 2.61. The van der Waals surface area contributed by atoms with Crippen LogP contribution in [0, 0.1) is 0 Å². The quantitative estimate of drug-likeness (QED) is 0.122. The number of hydrogen-bond donors (Lipinski definition) is 21. The molecule has 21 heterocycles. The molecular formula is C40H66O35. The Hall–Kier alpha value is -1.40. The molecule has 19 unspecified atom stereocenters. The molecule has 35 nitrogen and oxygen atoms in total. The van der Waals surface area contributed by atoms with Gasteiger partial charge in [-0.2, -0.15) is 0 Å². The van der Waals surface area contributed by atoms with E-state index in [9.17, 15) is 107 Å². The van der Waals surface area contributed by atoms with Crippen molar-refractivity contribution in [1.29, 1.82) is 0 Å². The molecule has 0 spiro atoms. The van der Waals surface area contributed by atoms with Crippen molar-refractivity contribution in [3.63, 3.8) is 0 Å². The first kappa shape index (κ1) is 59.7. The van der Waals surface area contributed by atoms with E-state index in [0.29, 0.717) is 0 Å². The summed E-state index contributed by atoms with van der Waals surface area (Å²) in [5.74, 6) is -6.13. The van der Waals surface area contributed by atoms with Gasteiger partial charge in [-0.15, -0.1) is 0 Å². The summed E-state index contributed by atoms with van der Waals surface area (Å²) in [6.07, 6.45) is -64.9. The normalized spacial score (nSPS) is 56.5. The fourth-order valence-electron chi connectivity index (χ4n) is 9.86. The number of ether oxygens (including phenoxy) is 14. The van der Waals surface area contributed by atoms with Crippen LogP contribution in [0.1, 0.15) is 0 Å². The van der Waals surface area contributed by atoms with Gasteiger partial charge in [-0.05, 0) is 0 Å². The van der Waals surface area contributed by atoms with Crippen LogP contribution in [-0.4, -0.2) is 356 Å². The monoisotopic (exact) mass is 1110 g/mol. The first-order valence-electron chi connectivity index (χ1n) is 23.6.